The van der Waals surface area contributed by atoms with E-state index in [0.29, 0.717) is 12.6 Å². The summed E-state index contributed by atoms with van der Waals surface area (Å²) >= 11 is 0. The van der Waals surface area contributed by atoms with Crippen LogP contribution in [0.4, 0.5) is 0 Å². The Morgan fingerprint density at radius 3 is 2.44 bits per heavy atom. The van der Waals surface area contributed by atoms with Crippen molar-refractivity contribution in [1.29, 1.82) is 0 Å². The molecule has 1 atom stereocenters. The predicted molar refractivity (Wildman–Crippen MR) is 62.4 cm³/mol. The van der Waals surface area contributed by atoms with E-state index in [2.05, 4.69) is 4.90 Å². The lowest BCUT2D eigenvalue weighted by atomic mass is 9.94. The molecule has 1 heterocycles. The summed E-state index contributed by atoms with van der Waals surface area (Å²) < 4.78 is 5.31. The van der Waals surface area contributed by atoms with Crippen molar-refractivity contribution in [2.75, 3.05) is 26.8 Å². The summed E-state index contributed by atoms with van der Waals surface area (Å²) in [5, 5.41) is 9.14. The molecule has 1 unspecified atom stereocenters. The topological polar surface area (TPSA) is 49.8 Å². The van der Waals surface area contributed by atoms with Gasteiger partial charge in [0.15, 0.2) is 0 Å². The first-order chi connectivity index (χ1) is 7.52. The number of carboxylic acid groups (broad SMARTS) is 1. The standard InChI is InChI=1S/C12H23NO3/c1-9(2)11(12(14)15)8-13(3)10-4-6-16-7-5-10/h9-11H,4-8H2,1-3H3,(H,14,15). The smallest absolute Gasteiger partial charge is 0.308 e. The molecule has 0 bridgehead atoms. The molecule has 1 fully saturated rings. The van der Waals surface area contributed by atoms with E-state index in [-0.39, 0.29) is 11.8 Å². The van der Waals surface area contributed by atoms with E-state index in [9.17, 15) is 4.79 Å². The highest BCUT2D eigenvalue weighted by atomic mass is 16.5. The molecular weight excluding hydrogens is 206 g/mol. The molecule has 0 saturated carbocycles. The average Bonchev–Trinajstić information content (AvgIpc) is 2.25. The van der Waals surface area contributed by atoms with E-state index in [4.69, 9.17) is 9.84 Å². The fraction of sp³-hybridized carbons (Fsp3) is 0.917. The van der Waals surface area contributed by atoms with Gasteiger partial charge in [0.25, 0.3) is 0 Å². The zero-order valence-corrected chi connectivity index (χ0v) is 10.5. The van der Waals surface area contributed by atoms with Gasteiger partial charge in [-0.15, -0.1) is 0 Å². The van der Waals surface area contributed by atoms with Gasteiger partial charge in [-0.25, -0.2) is 0 Å². The van der Waals surface area contributed by atoms with Gasteiger partial charge in [0.1, 0.15) is 0 Å². The molecule has 0 amide bonds. The van der Waals surface area contributed by atoms with Gasteiger partial charge in [-0.1, -0.05) is 13.8 Å². The Morgan fingerprint density at radius 2 is 2.00 bits per heavy atom. The SMILES string of the molecule is CC(C)C(CN(C)C1CCOCC1)C(=O)O. The lowest BCUT2D eigenvalue weighted by Crippen LogP contribution is -2.42. The molecule has 0 aromatic rings. The van der Waals surface area contributed by atoms with Crippen LogP contribution in [0, 0.1) is 11.8 Å². The van der Waals surface area contributed by atoms with Crippen molar-refractivity contribution in [3.05, 3.63) is 0 Å². The molecule has 0 radical (unpaired) electrons. The van der Waals surface area contributed by atoms with Crippen LogP contribution in [0.25, 0.3) is 0 Å². The minimum Gasteiger partial charge on any atom is -0.481 e. The summed E-state index contributed by atoms with van der Waals surface area (Å²) in [6.07, 6.45) is 2.03. The third-order valence-corrected chi connectivity index (χ3v) is 3.42. The molecule has 4 heteroatoms. The Balaban J connectivity index is 2.46. The van der Waals surface area contributed by atoms with Gasteiger partial charge in [0.05, 0.1) is 5.92 Å². The molecule has 16 heavy (non-hydrogen) atoms. The van der Waals surface area contributed by atoms with E-state index in [0.717, 1.165) is 26.1 Å². The number of carbonyl (C=O) groups is 1. The number of hydrogen-bond donors (Lipinski definition) is 1. The van der Waals surface area contributed by atoms with Crippen LogP contribution in [0.2, 0.25) is 0 Å². The lowest BCUT2D eigenvalue weighted by molar-refractivity contribution is -0.144. The van der Waals surface area contributed by atoms with Gasteiger partial charge >= 0.3 is 5.97 Å². The summed E-state index contributed by atoms with van der Waals surface area (Å²) in [5.41, 5.74) is 0. The largest absolute Gasteiger partial charge is 0.481 e. The minimum atomic E-state index is -0.686. The molecule has 4 nitrogen and oxygen atoms in total. The van der Waals surface area contributed by atoms with Crippen LogP contribution in [0.5, 0.6) is 0 Å². The summed E-state index contributed by atoms with van der Waals surface area (Å²) in [7, 11) is 2.02. The number of rotatable bonds is 5. The van der Waals surface area contributed by atoms with Crippen molar-refractivity contribution in [2.24, 2.45) is 11.8 Å². The summed E-state index contributed by atoms with van der Waals surface area (Å²) in [4.78, 5) is 13.3. The maximum atomic E-state index is 11.1. The van der Waals surface area contributed by atoms with Crippen molar-refractivity contribution >= 4 is 5.97 Å². The molecule has 1 aliphatic heterocycles. The predicted octanol–water partition coefficient (Wildman–Crippen LogP) is 1.45. The molecule has 0 aromatic carbocycles. The average molecular weight is 229 g/mol. The highest BCUT2D eigenvalue weighted by Gasteiger charge is 2.26. The number of carboxylic acids is 1. The highest BCUT2D eigenvalue weighted by molar-refractivity contribution is 5.70. The Bertz CT molecular complexity index is 224. The molecule has 1 rings (SSSR count). The first kappa shape index (κ1) is 13.5. The maximum absolute atomic E-state index is 11.1. The molecule has 1 saturated heterocycles. The van der Waals surface area contributed by atoms with E-state index in [1.807, 2.05) is 20.9 Å². The fourth-order valence-corrected chi connectivity index (χ4v) is 2.16. The van der Waals surface area contributed by atoms with Crippen LogP contribution in [0.15, 0.2) is 0 Å². The van der Waals surface area contributed by atoms with Crippen LogP contribution < -0.4 is 0 Å². The minimum absolute atomic E-state index is 0.180. The van der Waals surface area contributed by atoms with Crippen molar-refractivity contribution in [1.82, 2.24) is 4.90 Å². The van der Waals surface area contributed by atoms with Gasteiger partial charge in [0, 0.05) is 25.8 Å². The normalized spacial score (nSPS) is 20.3. The third-order valence-electron chi connectivity index (χ3n) is 3.42. The van der Waals surface area contributed by atoms with E-state index in [1.54, 1.807) is 0 Å². The van der Waals surface area contributed by atoms with Crippen LogP contribution in [-0.2, 0) is 9.53 Å². The molecule has 0 aliphatic carbocycles. The molecule has 94 valence electrons. The van der Waals surface area contributed by atoms with Crippen molar-refractivity contribution in [3.63, 3.8) is 0 Å². The monoisotopic (exact) mass is 229 g/mol. The first-order valence-electron chi connectivity index (χ1n) is 6.03. The lowest BCUT2D eigenvalue weighted by Gasteiger charge is -2.33. The summed E-state index contributed by atoms with van der Waals surface area (Å²) in [6, 6.07) is 0.481. The number of nitrogens with zero attached hydrogens (tertiary/aromatic N) is 1. The first-order valence-corrected chi connectivity index (χ1v) is 6.03. The Kier molecular flexibility index (Phi) is 5.22. The number of aliphatic carboxylic acids is 1. The number of ether oxygens (including phenoxy) is 1. The Hall–Kier alpha value is -0.610. The summed E-state index contributed by atoms with van der Waals surface area (Å²) in [6.45, 7) is 6.17. The second kappa shape index (κ2) is 6.21. The molecule has 1 N–H and O–H groups in total. The Labute approximate surface area is 97.6 Å². The fourth-order valence-electron chi connectivity index (χ4n) is 2.16. The van der Waals surface area contributed by atoms with Gasteiger partial charge in [0.2, 0.25) is 0 Å². The second-order valence-corrected chi connectivity index (χ2v) is 4.97. The van der Waals surface area contributed by atoms with E-state index < -0.39 is 5.97 Å². The summed E-state index contributed by atoms with van der Waals surface area (Å²) in [5.74, 6) is -0.776. The van der Waals surface area contributed by atoms with E-state index >= 15 is 0 Å². The van der Waals surface area contributed by atoms with Crippen molar-refractivity contribution < 1.29 is 14.6 Å². The quantitative estimate of drug-likeness (QED) is 0.775. The molecular formula is C12H23NO3. The number of hydrogen-bond acceptors (Lipinski definition) is 3. The molecule has 0 spiro atoms. The molecule has 1 aliphatic rings. The third kappa shape index (κ3) is 3.76. The maximum Gasteiger partial charge on any atom is 0.308 e. The van der Waals surface area contributed by atoms with Crippen molar-refractivity contribution in [3.8, 4) is 0 Å². The van der Waals surface area contributed by atoms with Crippen LogP contribution in [0.1, 0.15) is 26.7 Å². The second-order valence-electron chi connectivity index (χ2n) is 4.97. The van der Waals surface area contributed by atoms with E-state index in [1.165, 1.54) is 0 Å². The zero-order chi connectivity index (χ0) is 12.1. The van der Waals surface area contributed by atoms with Crippen LogP contribution >= 0.6 is 0 Å². The van der Waals surface area contributed by atoms with Crippen LogP contribution in [0.3, 0.4) is 0 Å². The Morgan fingerprint density at radius 1 is 1.44 bits per heavy atom. The van der Waals surface area contributed by atoms with Crippen molar-refractivity contribution in [2.45, 2.75) is 32.7 Å². The zero-order valence-electron chi connectivity index (χ0n) is 10.5. The van der Waals surface area contributed by atoms with Gasteiger partial charge in [-0.3, -0.25) is 4.79 Å². The van der Waals surface area contributed by atoms with Gasteiger partial charge in [-0.05, 0) is 25.8 Å². The van der Waals surface area contributed by atoms with Crippen LogP contribution in [-0.4, -0.2) is 48.8 Å². The molecule has 0 aromatic heterocycles. The highest BCUT2D eigenvalue weighted by Crippen LogP contribution is 2.18. The van der Waals surface area contributed by atoms with Gasteiger partial charge < -0.3 is 14.7 Å². The van der Waals surface area contributed by atoms with Gasteiger partial charge in [-0.2, -0.15) is 0 Å².